The van der Waals surface area contributed by atoms with Gasteiger partial charge in [0.25, 0.3) is 5.91 Å². The summed E-state index contributed by atoms with van der Waals surface area (Å²) in [7, 11) is 0. The molecular formula is C26H19NO4. The first-order valence-electron chi connectivity index (χ1n) is 9.97. The van der Waals surface area contributed by atoms with Gasteiger partial charge in [-0.1, -0.05) is 60.7 Å². The molecule has 3 aromatic carbocycles. The standard InChI is InChI=1S/C26H19NO4/c1-16-9-5-7-13-19(16)23-22(24(28)21-15-17-10-6-8-14-20(17)31-21)25(29)26(30)27(23)18-11-3-2-4-12-18/h2-15,23,29H,1H3. The molecule has 1 N–H and O–H groups in total. The van der Waals surface area contributed by atoms with Gasteiger partial charge in [-0.15, -0.1) is 0 Å². The minimum atomic E-state index is -0.767. The van der Waals surface area contributed by atoms with Crippen molar-refractivity contribution in [3.05, 3.63) is 113 Å². The number of benzene rings is 3. The minimum Gasteiger partial charge on any atom is -0.503 e. The number of aliphatic hydroxyl groups is 1. The van der Waals surface area contributed by atoms with Crippen molar-refractivity contribution in [1.29, 1.82) is 0 Å². The van der Waals surface area contributed by atoms with E-state index in [9.17, 15) is 14.7 Å². The number of nitrogens with zero attached hydrogens (tertiary/aromatic N) is 1. The van der Waals surface area contributed by atoms with Gasteiger partial charge in [-0.25, -0.2) is 0 Å². The average molecular weight is 409 g/mol. The van der Waals surface area contributed by atoms with E-state index >= 15 is 0 Å². The number of ketones is 1. The van der Waals surface area contributed by atoms with E-state index in [0.717, 1.165) is 16.5 Å². The Balaban J connectivity index is 1.69. The number of anilines is 1. The molecule has 0 saturated heterocycles. The van der Waals surface area contributed by atoms with Crippen LogP contribution in [0.4, 0.5) is 5.69 Å². The Bertz CT molecular complexity index is 1320. The number of carbonyl (C=O) groups is 2. The molecule has 0 aliphatic carbocycles. The highest BCUT2D eigenvalue weighted by Gasteiger charge is 2.45. The smallest absolute Gasteiger partial charge is 0.294 e. The van der Waals surface area contributed by atoms with E-state index in [0.29, 0.717) is 11.3 Å². The Morgan fingerprint density at radius 1 is 0.935 bits per heavy atom. The summed E-state index contributed by atoms with van der Waals surface area (Å²) in [6.45, 7) is 1.92. The lowest BCUT2D eigenvalue weighted by molar-refractivity contribution is -0.117. The third kappa shape index (κ3) is 3.02. The van der Waals surface area contributed by atoms with E-state index < -0.39 is 23.5 Å². The van der Waals surface area contributed by atoms with Crippen molar-refractivity contribution < 1.29 is 19.1 Å². The first-order valence-corrected chi connectivity index (χ1v) is 9.97. The Morgan fingerprint density at radius 3 is 2.35 bits per heavy atom. The number of furan rings is 1. The molecule has 1 aliphatic heterocycles. The van der Waals surface area contributed by atoms with Crippen molar-refractivity contribution in [2.24, 2.45) is 0 Å². The molecule has 0 spiro atoms. The third-order valence-corrected chi connectivity index (χ3v) is 5.62. The van der Waals surface area contributed by atoms with Crippen LogP contribution in [0.5, 0.6) is 0 Å². The normalized spacial score (nSPS) is 16.4. The van der Waals surface area contributed by atoms with Gasteiger partial charge in [0, 0.05) is 11.1 Å². The van der Waals surface area contributed by atoms with Crippen LogP contribution in [0.15, 0.2) is 101 Å². The monoisotopic (exact) mass is 409 g/mol. The van der Waals surface area contributed by atoms with Crippen molar-refractivity contribution in [3.63, 3.8) is 0 Å². The van der Waals surface area contributed by atoms with Gasteiger partial charge in [0.1, 0.15) is 5.58 Å². The van der Waals surface area contributed by atoms with Crippen LogP contribution in [-0.2, 0) is 4.79 Å². The second kappa shape index (κ2) is 7.29. The third-order valence-electron chi connectivity index (χ3n) is 5.62. The van der Waals surface area contributed by atoms with Gasteiger partial charge in [-0.3, -0.25) is 14.5 Å². The van der Waals surface area contributed by atoms with E-state index in [4.69, 9.17) is 4.42 Å². The van der Waals surface area contributed by atoms with E-state index in [1.165, 1.54) is 4.90 Å². The Kier molecular flexibility index (Phi) is 4.44. The molecule has 5 rings (SSSR count). The van der Waals surface area contributed by atoms with Crippen LogP contribution in [0.25, 0.3) is 11.0 Å². The van der Waals surface area contributed by atoms with Crippen molar-refractivity contribution in [3.8, 4) is 0 Å². The van der Waals surface area contributed by atoms with Gasteiger partial charge >= 0.3 is 0 Å². The lowest BCUT2D eigenvalue weighted by atomic mass is 9.92. The van der Waals surface area contributed by atoms with Crippen LogP contribution in [-0.4, -0.2) is 16.8 Å². The molecule has 1 aromatic heterocycles. The number of rotatable bonds is 4. The highest BCUT2D eigenvalue weighted by Crippen LogP contribution is 2.43. The first kappa shape index (κ1) is 18.9. The lowest BCUT2D eigenvalue weighted by Crippen LogP contribution is -2.31. The van der Waals surface area contributed by atoms with Crippen molar-refractivity contribution in [1.82, 2.24) is 0 Å². The molecule has 1 unspecified atom stereocenters. The zero-order chi connectivity index (χ0) is 21.5. The number of Topliss-reactive ketones (excluding diaryl/α,β-unsaturated/α-hetero) is 1. The van der Waals surface area contributed by atoms with Crippen LogP contribution in [0.3, 0.4) is 0 Å². The zero-order valence-electron chi connectivity index (χ0n) is 16.8. The molecular weight excluding hydrogens is 390 g/mol. The number of hydrogen-bond donors (Lipinski definition) is 1. The summed E-state index contributed by atoms with van der Waals surface area (Å²) in [4.78, 5) is 28.2. The van der Waals surface area contributed by atoms with Gasteiger partial charge in [0.05, 0.1) is 11.6 Å². The maximum Gasteiger partial charge on any atom is 0.294 e. The van der Waals surface area contributed by atoms with Crippen LogP contribution in [0.2, 0.25) is 0 Å². The summed E-state index contributed by atoms with van der Waals surface area (Å²) in [5, 5.41) is 11.6. The van der Waals surface area contributed by atoms with Crippen LogP contribution in [0, 0.1) is 6.92 Å². The molecule has 1 amide bonds. The SMILES string of the molecule is Cc1ccccc1C1C(C(=O)c2cc3ccccc3o2)=C(O)C(=O)N1c1ccccc1. The number of aliphatic hydroxyl groups excluding tert-OH is 1. The topological polar surface area (TPSA) is 70.7 Å². The predicted molar refractivity (Wildman–Crippen MR) is 118 cm³/mol. The summed E-state index contributed by atoms with van der Waals surface area (Å²) < 4.78 is 5.76. The summed E-state index contributed by atoms with van der Waals surface area (Å²) in [5.41, 5.74) is 2.86. The Labute approximate surface area is 178 Å². The molecule has 1 atom stereocenters. The van der Waals surface area contributed by atoms with Gasteiger partial charge in [0.2, 0.25) is 5.78 Å². The summed E-state index contributed by atoms with van der Waals surface area (Å²) in [6, 6.07) is 24.8. The quantitative estimate of drug-likeness (QED) is 0.450. The maximum absolute atomic E-state index is 13.6. The molecule has 4 aromatic rings. The molecule has 0 fully saturated rings. The second-order valence-electron chi connectivity index (χ2n) is 7.51. The maximum atomic E-state index is 13.6. The molecule has 5 nitrogen and oxygen atoms in total. The molecule has 0 saturated carbocycles. The second-order valence-corrected chi connectivity index (χ2v) is 7.51. The summed E-state index contributed by atoms with van der Waals surface area (Å²) in [5.74, 6) is -1.58. The number of aryl methyl sites for hydroxylation is 1. The van der Waals surface area contributed by atoms with Gasteiger partial charge in [0.15, 0.2) is 11.5 Å². The molecule has 1 aliphatic rings. The number of para-hydroxylation sites is 2. The zero-order valence-corrected chi connectivity index (χ0v) is 16.8. The molecule has 0 bridgehead atoms. The minimum absolute atomic E-state index is 0.0159. The Morgan fingerprint density at radius 2 is 1.61 bits per heavy atom. The molecule has 152 valence electrons. The fourth-order valence-electron chi connectivity index (χ4n) is 4.11. The number of carbonyl (C=O) groups excluding carboxylic acids is 2. The van der Waals surface area contributed by atoms with Crippen LogP contribution in [0.1, 0.15) is 27.7 Å². The van der Waals surface area contributed by atoms with Gasteiger partial charge in [-0.2, -0.15) is 0 Å². The summed E-state index contributed by atoms with van der Waals surface area (Å²) in [6.07, 6.45) is 0. The van der Waals surface area contributed by atoms with E-state index in [-0.39, 0.29) is 11.3 Å². The van der Waals surface area contributed by atoms with Gasteiger partial charge < -0.3 is 9.52 Å². The van der Waals surface area contributed by atoms with E-state index in [1.54, 1.807) is 24.3 Å². The molecule has 31 heavy (non-hydrogen) atoms. The predicted octanol–water partition coefficient (Wildman–Crippen LogP) is 5.52. The fraction of sp³-hybridized carbons (Fsp3) is 0.0769. The molecule has 0 radical (unpaired) electrons. The van der Waals surface area contributed by atoms with Crippen LogP contribution < -0.4 is 4.90 Å². The van der Waals surface area contributed by atoms with Crippen molar-refractivity contribution >= 4 is 28.3 Å². The average Bonchev–Trinajstić information content (AvgIpc) is 3.34. The van der Waals surface area contributed by atoms with E-state index in [1.807, 2.05) is 67.6 Å². The number of hydrogen-bond acceptors (Lipinski definition) is 4. The van der Waals surface area contributed by atoms with Crippen molar-refractivity contribution in [2.75, 3.05) is 4.90 Å². The first-order chi connectivity index (χ1) is 15.1. The summed E-state index contributed by atoms with van der Waals surface area (Å²) >= 11 is 0. The highest BCUT2D eigenvalue weighted by molar-refractivity contribution is 6.20. The number of amides is 1. The molecule has 2 heterocycles. The Hall–Kier alpha value is -4.12. The molecule has 5 heteroatoms. The van der Waals surface area contributed by atoms with Crippen molar-refractivity contribution in [2.45, 2.75) is 13.0 Å². The van der Waals surface area contributed by atoms with E-state index in [2.05, 4.69) is 0 Å². The number of fused-ring (bicyclic) bond motifs is 1. The highest BCUT2D eigenvalue weighted by atomic mass is 16.3. The van der Waals surface area contributed by atoms with Gasteiger partial charge in [-0.05, 0) is 42.3 Å². The largest absolute Gasteiger partial charge is 0.503 e. The van der Waals surface area contributed by atoms with Crippen LogP contribution >= 0.6 is 0 Å². The fourth-order valence-corrected chi connectivity index (χ4v) is 4.11. The lowest BCUT2D eigenvalue weighted by Gasteiger charge is -2.27.